The molecule has 0 aliphatic heterocycles. The lowest BCUT2D eigenvalue weighted by molar-refractivity contribution is -0.118. The molecule has 0 saturated carbocycles. The van der Waals surface area contributed by atoms with E-state index in [2.05, 4.69) is 20.7 Å². The maximum absolute atomic E-state index is 11.1. The number of halogens is 1. The fraction of sp³-hybridized carbons (Fsp3) is 0.154. The number of carbonyl (C=O) groups excluding carboxylic acids is 1. The molecule has 0 bridgehead atoms. The van der Waals surface area contributed by atoms with Crippen LogP contribution < -0.4 is 16.6 Å². The number of nitrogens with two attached hydrogens (primary N) is 1. The second kappa shape index (κ2) is 7.82. The van der Waals surface area contributed by atoms with Crippen LogP contribution in [0.1, 0.15) is 5.56 Å². The Labute approximate surface area is 131 Å². The molecular formula is C13H14ClN5OS. The predicted octanol–water partition coefficient (Wildman–Crippen LogP) is 1.82. The number of nitrogens with one attached hydrogen (secondary N) is 2. The van der Waals surface area contributed by atoms with E-state index in [1.165, 1.54) is 18.1 Å². The number of thioether (sulfide) groups is 1. The van der Waals surface area contributed by atoms with Gasteiger partial charge in [-0.15, -0.1) is 0 Å². The minimum Gasteiger partial charge on any atom is -0.366 e. The molecular weight excluding hydrogens is 310 g/mol. The monoisotopic (exact) mass is 323 g/mol. The number of hydrazine groups is 1. The maximum Gasteiger partial charge on any atom is 0.244 e. The molecule has 2 rings (SSSR count). The number of anilines is 1. The molecule has 1 heterocycles. The van der Waals surface area contributed by atoms with E-state index in [1.807, 2.05) is 24.3 Å². The molecule has 0 radical (unpaired) electrons. The van der Waals surface area contributed by atoms with Crippen LogP contribution in [0.2, 0.25) is 5.02 Å². The summed E-state index contributed by atoms with van der Waals surface area (Å²) in [6, 6.07) is 9.36. The topological polar surface area (TPSA) is 92.9 Å². The van der Waals surface area contributed by atoms with Gasteiger partial charge in [0.05, 0.1) is 5.75 Å². The molecule has 0 aliphatic carbocycles. The summed E-state index contributed by atoms with van der Waals surface area (Å²) in [5.41, 5.74) is 3.05. The van der Waals surface area contributed by atoms with E-state index >= 15 is 0 Å². The molecule has 8 heteroatoms. The van der Waals surface area contributed by atoms with E-state index in [4.69, 9.17) is 17.4 Å². The van der Waals surface area contributed by atoms with Crippen molar-refractivity contribution in [2.75, 3.05) is 11.1 Å². The van der Waals surface area contributed by atoms with Gasteiger partial charge in [0.25, 0.3) is 0 Å². The highest BCUT2D eigenvalue weighted by Crippen LogP contribution is 2.19. The summed E-state index contributed by atoms with van der Waals surface area (Å²) in [4.78, 5) is 19.3. The smallest absolute Gasteiger partial charge is 0.244 e. The summed E-state index contributed by atoms with van der Waals surface area (Å²) in [6.45, 7) is 0.560. The van der Waals surface area contributed by atoms with Gasteiger partial charge in [0.1, 0.15) is 17.2 Å². The molecule has 0 spiro atoms. The Morgan fingerprint density at radius 1 is 1.33 bits per heavy atom. The van der Waals surface area contributed by atoms with Crippen LogP contribution in [0.5, 0.6) is 0 Å². The Morgan fingerprint density at radius 3 is 2.90 bits per heavy atom. The van der Waals surface area contributed by atoms with Crippen LogP contribution in [0.15, 0.2) is 41.7 Å². The highest BCUT2D eigenvalue weighted by atomic mass is 35.5. The van der Waals surface area contributed by atoms with Crippen molar-refractivity contribution in [3.63, 3.8) is 0 Å². The molecule has 1 aromatic heterocycles. The number of nitrogens with zero attached hydrogens (tertiary/aromatic N) is 2. The van der Waals surface area contributed by atoms with Crippen molar-refractivity contribution in [2.24, 2.45) is 5.84 Å². The largest absolute Gasteiger partial charge is 0.366 e. The summed E-state index contributed by atoms with van der Waals surface area (Å²) in [6.07, 6.45) is 1.44. The Hall–Kier alpha value is -1.83. The first kappa shape index (κ1) is 15.6. The Morgan fingerprint density at radius 2 is 2.14 bits per heavy atom. The van der Waals surface area contributed by atoms with Gasteiger partial charge in [-0.1, -0.05) is 41.6 Å². The number of benzene rings is 1. The van der Waals surface area contributed by atoms with Gasteiger partial charge in [-0.3, -0.25) is 10.2 Å². The molecule has 0 fully saturated rings. The fourth-order valence-electron chi connectivity index (χ4n) is 1.52. The second-order valence-electron chi connectivity index (χ2n) is 4.04. The van der Waals surface area contributed by atoms with E-state index < -0.39 is 0 Å². The van der Waals surface area contributed by atoms with Crippen LogP contribution in [-0.4, -0.2) is 21.6 Å². The van der Waals surface area contributed by atoms with Crippen molar-refractivity contribution >= 4 is 35.1 Å². The molecule has 21 heavy (non-hydrogen) atoms. The van der Waals surface area contributed by atoms with Crippen molar-refractivity contribution in [1.82, 2.24) is 15.4 Å². The van der Waals surface area contributed by atoms with Crippen LogP contribution in [0.3, 0.4) is 0 Å². The molecule has 0 aliphatic rings. The normalized spacial score (nSPS) is 10.2. The molecule has 0 saturated heterocycles. The highest BCUT2D eigenvalue weighted by molar-refractivity contribution is 7.99. The van der Waals surface area contributed by atoms with Gasteiger partial charge in [0, 0.05) is 17.6 Å². The van der Waals surface area contributed by atoms with Gasteiger partial charge >= 0.3 is 0 Å². The average molecular weight is 324 g/mol. The van der Waals surface area contributed by atoms with Gasteiger partial charge < -0.3 is 5.32 Å². The van der Waals surface area contributed by atoms with Gasteiger partial charge in [0.2, 0.25) is 5.91 Å². The van der Waals surface area contributed by atoms with Crippen LogP contribution in [0.4, 0.5) is 5.82 Å². The van der Waals surface area contributed by atoms with Gasteiger partial charge in [-0.25, -0.2) is 15.8 Å². The minimum absolute atomic E-state index is 0.206. The van der Waals surface area contributed by atoms with Crippen molar-refractivity contribution in [3.8, 4) is 0 Å². The molecule has 1 amide bonds. The quantitative estimate of drug-likeness (QED) is 0.247. The first-order valence-electron chi connectivity index (χ1n) is 6.10. The third-order valence-corrected chi connectivity index (χ3v) is 3.87. The van der Waals surface area contributed by atoms with E-state index in [0.29, 0.717) is 22.4 Å². The fourth-order valence-corrected chi connectivity index (χ4v) is 2.41. The van der Waals surface area contributed by atoms with E-state index in [9.17, 15) is 4.79 Å². The SMILES string of the molecule is NNC(=O)CSc1cc(NCc2ccccc2Cl)ncn1. The summed E-state index contributed by atoms with van der Waals surface area (Å²) in [7, 11) is 0. The van der Waals surface area contributed by atoms with Gasteiger partial charge in [-0.05, 0) is 11.6 Å². The molecule has 0 unspecified atom stereocenters. The summed E-state index contributed by atoms with van der Waals surface area (Å²) >= 11 is 7.37. The Balaban J connectivity index is 1.95. The van der Waals surface area contributed by atoms with Gasteiger partial charge in [0.15, 0.2) is 0 Å². The van der Waals surface area contributed by atoms with Gasteiger partial charge in [-0.2, -0.15) is 0 Å². The average Bonchev–Trinajstić information content (AvgIpc) is 2.52. The number of hydrogen-bond donors (Lipinski definition) is 3. The Kier molecular flexibility index (Phi) is 5.79. The van der Waals surface area contributed by atoms with Crippen molar-refractivity contribution < 1.29 is 4.79 Å². The highest BCUT2D eigenvalue weighted by Gasteiger charge is 2.04. The zero-order valence-electron chi connectivity index (χ0n) is 11.0. The lowest BCUT2D eigenvalue weighted by atomic mass is 10.2. The molecule has 1 aromatic carbocycles. The summed E-state index contributed by atoms with van der Waals surface area (Å²) in [5, 5.41) is 4.56. The summed E-state index contributed by atoms with van der Waals surface area (Å²) < 4.78 is 0. The number of carbonyl (C=O) groups is 1. The lowest BCUT2D eigenvalue weighted by Gasteiger charge is -2.08. The number of aromatic nitrogens is 2. The molecule has 110 valence electrons. The van der Waals surface area contributed by atoms with Crippen LogP contribution >= 0.6 is 23.4 Å². The third kappa shape index (κ3) is 4.89. The Bertz CT molecular complexity index is 625. The maximum atomic E-state index is 11.1. The van der Waals surface area contributed by atoms with Crippen molar-refractivity contribution in [1.29, 1.82) is 0 Å². The van der Waals surface area contributed by atoms with E-state index in [-0.39, 0.29) is 11.7 Å². The molecule has 2 aromatic rings. The minimum atomic E-state index is -0.260. The van der Waals surface area contributed by atoms with Crippen molar-refractivity contribution in [2.45, 2.75) is 11.6 Å². The van der Waals surface area contributed by atoms with E-state index in [1.54, 1.807) is 6.07 Å². The lowest BCUT2D eigenvalue weighted by Crippen LogP contribution is -2.31. The zero-order valence-corrected chi connectivity index (χ0v) is 12.6. The van der Waals surface area contributed by atoms with Crippen LogP contribution in [0, 0.1) is 0 Å². The second-order valence-corrected chi connectivity index (χ2v) is 5.45. The number of amides is 1. The van der Waals surface area contributed by atoms with Crippen LogP contribution in [-0.2, 0) is 11.3 Å². The zero-order chi connectivity index (χ0) is 15.1. The van der Waals surface area contributed by atoms with Crippen LogP contribution in [0.25, 0.3) is 0 Å². The molecule has 4 N–H and O–H groups in total. The number of rotatable bonds is 6. The van der Waals surface area contributed by atoms with Crippen molar-refractivity contribution in [3.05, 3.63) is 47.2 Å². The molecule has 0 atom stereocenters. The standard InChI is InChI=1S/C13H14ClN5OS/c14-10-4-2-1-3-9(10)6-16-11-5-13(18-8-17-11)21-7-12(20)19-15/h1-5,8H,6-7,15H2,(H,19,20)(H,16,17,18). The molecule has 6 nitrogen and oxygen atoms in total. The first-order chi connectivity index (χ1) is 10.2. The number of hydrogen-bond acceptors (Lipinski definition) is 6. The predicted molar refractivity (Wildman–Crippen MR) is 83.9 cm³/mol. The van der Waals surface area contributed by atoms with E-state index in [0.717, 1.165) is 5.56 Å². The summed E-state index contributed by atoms with van der Waals surface area (Å²) in [5.74, 6) is 5.63. The first-order valence-corrected chi connectivity index (χ1v) is 7.47. The third-order valence-electron chi connectivity index (χ3n) is 2.57.